The maximum Gasteiger partial charge on any atom is 0.251 e. The van der Waals surface area contributed by atoms with Gasteiger partial charge in [-0.2, -0.15) is 0 Å². The molecule has 0 saturated carbocycles. The largest absolute Gasteiger partial charge is 0.457 e. The normalized spacial score (nSPS) is 10.9. The average molecular weight is 463 g/mol. The number of ether oxygens (including phenoxy) is 1. The van der Waals surface area contributed by atoms with Crippen LogP contribution in [0.25, 0.3) is 0 Å². The molecule has 0 bridgehead atoms. The number of nitrogens with one attached hydrogen (secondary N) is 2. The van der Waals surface area contributed by atoms with Crippen LogP contribution in [0.2, 0.25) is 0 Å². The van der Waals surface area contributed by atoms with Crippen molar-refractivity contribution in [2.45, 2.75) is 41.2 Å². The molecule has 0 aliphatic rings. The van der Waals surface area contributed by atoms with Gasteiger partial charge in [0.15, 0.2) is 0 Å². The van der Waals surface area contributed by atoms with Crippen LogP contribution in [-0.2, 0) is 6.54 Å². The number of nitrogens with zero attached hydrogens (tertiary/aromatic N) is 2. The van der Waals surface area contributed by atoms with E-state index >= 15 is 0 Å². The van der Waals surface area contributed by atoms with Crippen molar-refractivity contribution in [3.8, 4) is 11.5 Å². The van der Waals surface area contributed by atoms with Crippen LogP contribution in [0.3, 0.4) is 0 Å². The predicted octanol–water partition coefficient (Wildman–Crippen LogP) is 6.56. The van der Waals surface area contributed by atoms with Gasteiger partial charge in [0.2, 0.25) is 0 Å². The lowest BCUT2D eigenvalue weighted by Gasteiger charge is -2.14. The smallest absolute Gasteiger partial charge is 0.251 e. The third-order valence-corrected chi connectivity index (χ3v) is 4.63. The number of amides is 1. The molecule has 6 nitrogen and oxygen atoms in total. The summed E-state index contributed by atoms with van der Waals surface area (Å²) in [5, 5.41) is 6.01. The Morgan fingerprint density at radius 2 is 1.94 bits per heavy atom. The summed E-state index contributed by atoms with van der Waals surface area (Å²) < 4.78 is 19.3. The van der Waals surface area contributed by atoms with E-state index in [-0.39, 0.29) is 12.5 Å². The molecule has 0 radical (unpaired) electrons. The Kier molecular flexibility index (Phi) is 10.4. The van der Waals surface area contributed by atoms with Gasteiger partial charge in [-0.1, -0.05) is 32.1 Å². The molecule has 0 atom stereocenters. The number of carbonyl (C=O) groups is 1. The fraction of sp³-hybridized carbons (Fsp3) is 0.222. The molecule has 0 aliphatic carbocycles. The minimum Gasteiger partial charge on any atom is -0.457 e. The second kappa shape index (κ2) is 13.5. The fourth-order valence-corrected chi connectivity index (χ4v) is 3.01. The highest BCUT2D eigenvalue weighted by molar-refractivity contribution is 5.96. The third kappa shape index (κ3) is 7.55. The summed E-state index contributed by atoms with van der Waals surface area (Å²) in [5.41, 5.74) is 2.67. The summed E-state index contributed by atoms with van der Waals surface area (Å²) in [5.74, 6) is 1.07. The van der Waals surface area contributed by atoms with Gasteiger partial charge in [0.1, 0.15) is 23.1 Å². The van der Waals surface area contributed by atoms with Crippen LogP contribution in [-0.4, -0.2) is 15.9 Å². The molecule has 1 amide bonds. The van der Waals surface area contributed by atoms with Gasteiger partial charge in [-0.15, -0.1) is 0 Å². The van der Waals surface area contributed by atoms with Crippen molar-refractivity contribution in [3.63, 3.8) is 0 Å². The number of hydrogen-bond donors (Lipinski definition) is 2. The Labute approximate surface area is 200 Å². The first-order chi connectivity index (χ1) is 16.5. The van der Waals surface area contributed by atoms with E-state index < -0.39 is 5.82 Å². The first-order valence-corrected chi connectivity index (χ1v) is 11.2. The first-order valence-electron chi connectivity index (χ1n) is 11.2. The molecule has 0 fully saturated rings. The van der Waals surface area contributed by atoms with Crippen molar-refractivity contribution < 1.29 is 13.9 Å². The van der Waals surface area contributed by atoms with Crippen molar-refractivity contribution in [1.29, 1.82) is 0 Å². The zero-order valence-electron chi connectivity index (χ0n) is 20.2. The predicted molar refractivity (Wildman–Crippen MR) is 134 cm³/mol. The number of pyridine rings is 2. The molecule has 34 heavy (non-hydrogen) atoms. The maximum atomic E-state index is 13.3. The topological polar surface area (TPSA) is 76.1 Å². The number of halogens is 1. The van der Waals surface area contributed by atoms with Crippen LogP contribution in [0, 0.1) is 12.7 Å². The Morgan fingerprint density at radius 3 is 2.65 bits per heavy atom. The second-order valence-corrected chi connectivity index (χ2v) is 6.97. The molecule has 2 heterocycles. The van der Waals surface area contributed by atoms with E-state index in [9.17, 15) is 9.18 Å². The zero-order valence-corrected chi connectivity index (χ0v) is 20.2. The number of rotatable bonds is 8. The van der Waals surface area contributed by atoms with E-state index in [1.54, 1.807) is 36.5 Å². The number of anilines is 1. The zero-order chi connectivity index (χ0) is 24.9. The molecule has 3 aromatic rings. The third-order valence-electron chi connectivity index (χ3n) is 4.63. The molecule has 0 unspecified atom stereocenters. The molecule has 7 heteroatoms. The summed E-state index contributed by atoms with van der Waals surface area (Å²) >= 11 is 0. The van der Waals surface area contributed by atoms with Crippen molar-refractivity contribution in [3.05, 3.63) is 101 Å². The SMILES string of the molecule is C/C=C\C(=C/C)Nc1cc(Oc2cccc(C(=O)NCc3cncc(F)c3)c2C)ccn1.CC. The van der Waals surface area contributed by atoms with Crippen LogP contribution in [0.5, 0.6) is 11.5 Å². The Bertz CT molecular complexity index is 1160. The summed E-state index contributed by atoms with van der Waals surface area (Å²) in [7, 11) is 0. The average Bonchev–Trinajstić information content (AvgIpc) is 2.85. The van der Waals surface area contributed by atoms with Crippen LogP contribution < -0.4 is 15.4 Å². The molecule has 178 valence electrons. The molecule has 2 aromatic heterocycles. The van der Waals surface area contributed by atoms with Crippen LogP contribution in [0.1, 0.15) is 49.2 Å². The molecule has 0 spiro atoms. The van der Waals surface area contributed by atoms with E-state index in [1.807, 2.05) is 52.8 Å². The van der Waals surface area contributed by atoms with Crippen LogP contribution in [0.15, 0.2) is 78.9 Å². The summed E-state index contributed by atoms with van der Waals surface area (Å²) in [6.07, 6.45) is 10.1. The van der Waals surface area contributed by atoms with Gasteiger partial charge in [-0.25, -0.2) is 9.37 Å². The van der Waals surface area contributed by atoms with Gasteiger partial charge in [0, 0.05) is 41.8 Å². The molecular formula is C27H31FN4O2. The van der Waals surface area contributed by atoms with E-state index in [2.05, 4.69) is 20.6 Å². The van der Waals surface area contributed by atoms with Crippen LogP contribution >= 0.6 is 0 Å². The first kappa shape index (κ1) is 26.3. The summed E-state index contributed by atoms with van der Waals surface area (Å²) in [6.45, 7) is 9.87. The lowest BCUT2D eigenvalue weighted by atomic mass is 10.1. The Balaban J connectivity index is 0.00000199. The van der Waals surface area contributed by atoms with E-state index in [0.29, 0.717) is 34.0 Å². The summed E-state index contributed by atoms with van der Waals surface area (Å²) in [6, 6.07) is 10.1. The van der Waals surface area contributed by atoms with Crippen LogP contribution in [0.4, 0.5) is 10.2 Å². The number of carbonyl (C=O) groups excluding carboxylic acids is 1. The number of aromatic nitrogens is 2. The molecule has 0 saturated heterocycles. The van der Waals surface area contributed by atoms with Crippen molar-refractivity contribution in [2.75, 3.05) is 5.32 Å². The Hall–Kier alpha value is -4.00. The highest BCUT2D eigenvalue weighted by Crippen LogP contribution is 2.28. The fourth-order valence-electron chi connectivity index (χ4n) is 3.01. The van der Waals surface area contributed by atoms with E-state index in [1.165, 1.54) is 12.3 Å². The highest BCUT2D eigenvalue weighted by atomic mass is 19.1. The van der Waals surface area contributed by atoms with Gasteiger partial charge in [-0.05, 0) is 56.7 Å². The molecular weight excluding hydrogens is 431 g/mol. The highest BCUT2D eigenvalue weighted by Gasteiger charge is 2.13. The standard InChI is InChI=1S/C25H25FN4O2.C2H6/c1-4-7-20(5-2)30-24-13-21(10-11-28-24)32-23-9-6-8-22(17(23)3)25(31)29-15-18-12-19(26)16-27-14-18;1-2/h4-14,16H,15H2,1-3H3,(H,28,30)(H,29,31);1-2H3/b7-4-,20-5+;. The maximum absolute atomic E-state index is 13.3. The number of allylic oxidation sites excluding steroid dienone is 3. The van der Waals surface area contributed by atoms with Crippen molar-refractivity contribution in [2.24, 2.45) is 0 Å². The van der Waals surface area contributed by atoms with Gasteiger partial charge >= 0.3 is 0 Å². The van der Waals surface area contributed by atoms with Gasteiger partial charge < -0.3 is 15.4 Å². The molecule has 2 N–H and O–H groups in total. The van der Waals surface area contributed by atoms with Gasteiger partial charge in [-0.3, -0.25) is 9.78 Å². The lowest BCUT2D eigenvalue weighted by Crippen LogP contribution is -2.23. The Morgan fingerprint density at radius 1 is 1.15 bits per heavy atom. The molecule has 1 aromatic carbocycles. The van der Waals surface area contributed by atoms with Crippen molar-refractivity contribution in [1.82, 2.24) is 15.3 Å². The van der Waals surface area contributed by atoms with E-state index in [4.69, 9.17) is 4.74 Å². The second-order valence-electron chi connectivity index (χ2n) is 6.97. The monoisotopic (exact) mass is 462 g/mol. The number of benzene rings is 1. The molecule has 3 rings (SSSR count). The quantitative estimate of drug-likeness (QED) is 0.371. The minimum atomic E-state index is -0.443. The molecule has 0 aliphatic heterocycles. The minimum absolute atomic E-state index is 0.174. The number of hydrogen-bond acceptors (Lipinski definition) is 5. The van der Waals surface area contributed by atoms with Gasteiger partial charge in [0.05, 0.1) is 6.20 Å². The summed E-state index contributed by atoms with van der Waals surface area (Å²) in [4.78, 5) is 20.8. The van der Waals surface area contributed by atoms with Gasteiger partial charge in [0.25, 0.3) is 5.91 Å². The lowest BCUT2D eigenvalue weighted by molar-refractivity contribution is 0.0950. The van der Waals surface area contributed by atoms with E-state index in [0.717, 1.165) is 11.9 Å². The van der Waals surface area contributed by atoms with Crippen molar-refractivity contribution >= 4 is 11.7 Å².